The van der Waals surface area contributed by atoms with Crippen LogP contribution in [0.15, 0.2) is 84.0 Å². The van der Waals surface area contributed by atoms with Crippen LogP contribution in [0.25, 0.3) is 6.08 Å². The van der Waals surface area contributed by atoms with Crippen molar-refractivity contribution in [2.45, 2.75) is 0 Å². The van der Waals surface area contributed by atoms with Crippen molar-refractivity contribution < 1.29 is 19.1 Å². The van der Waals surface area contributed by atoms with Gasteiger partial charge in [0, 0.05) is 17.3 Å². The van der Waals surface area contributed by atoms with E-state index < -0.39 is 0 Å². The summed E-state index contributed by atoms with van der Waals surface area (Å²) in [6.07, 6.45) is 4.71. The highest BCUT2D eigenvalue weighted by Crippen LogP contribution is 2.31. The molecule has 0 saturated carbocycles. The summed E-state index contributed by atoms with van der Waals surface area (Å²) in [5, 5.41) is 6.72. The molecule has 0 fully saturated rings. The molecule has 0 saturated heterocycles. The van der Waals surface area contributed by atoms with Crippen molar-refractivity contribution >= 4 is 29.8 Å². The van der Waals surface area contributed by atoms with E-state index in [1.165, 1.54) is 12.3 Å². The summed E-state index contributed by atoms with van der Waals surface area (Å²) in [6, 6.07) is 21.5. The molecular formula is C24H19N3O4. The number of fused-ring (bicyclic) bond motifs is 1. The van der Waals surface area contributed by atoms with E-state index in [0.29, 0.717) is 22.7 Å². The van der Waals surface area contributed by atoms with Crippen LogP contribution in [0.2, 0.25) is 0 Å². The molecule has 1 aliphatic rings. The third-order valence-corrected chi connectivity index (χ3v) is 4.42. The Kier molecular flexibility index (Phi) is 6.04. The standard InChI is InChI=1S/C24H19N3O4/c28-23(13-7-17-4-2-1-3-5-17)26-20-10-8-19(9-11-20)24(29)27-25-15-18-6-12-21-22(14-18)31-16-30-21/h1-15H,16H2,(H,26,28)(H,27,29)/b13-7+,25-15-. The molecule has 4 rings (SSSR count). The van der Waals surface area contributed by atoms with Crippen molar-refractivity contribution in [3.63, 3.8) is 0 Å². The first-order chi connectivity index (χ1) is 15.2. The molecule has 0 atom stereocenters. The third-order valence-electron chi connectivity index (χ3n) is 4.42. The van der Waals surface area contributed by atoms with Crippen LogP contribution in [0.5, 0.6) is 11.5 Å². The number of anilines is 1. The van der Waals surface area contributed by atoms with E-state index in [0.717, 1.165) is 11.1 Å². The zero-order valence-electron chi connectivity index (χ0n) is 16.4. The molecule has 1 aliphatic heterocycles. The molecule has 154 valence electrons. The van der Waals surface area contributed by atoms with Gasteiger partial charge in [-0.1, -0.05) is 30.3 Å². The van der Waals surface area contributed by atoms with Crippen molar-refractivity contribution in [1.29, 1.82) is 0 Å². The molecule has 1 heterocycles. The number of hydrazone groups is 1. The van der Waals surface area contributed by atoms with Gasteiger partial charge in [-0.2, -0.15) is 5.10 Å². The van der Waals surface area contributed by atoms with Gasteiger partial charge in [-0.25, -0.2) is 5.43 Å². The maximum atomic E-state index is 12.2. The zero-order chi connectivity index (χ0) is 21.5. The number of rotatable bonds is 6. The lowest BCUT2D eigenvalue weighted by Gasteiger charge is -2.04. The molecule has 3 aromatic carbocycles. The molecule has 3 aromatic rings. The van der Waals surface area contributed by atoms with Crippen molar-refractivity contribution in [3.8, 4) is 11.5 Å². The topological polar surface area (TPSA) is 89.0 Å². The van der Waals surface area contributed by atoms with Gasteiger partial charge in [-0.05, 0) is 59.7 Å². The Hall–Kier alpha value is -4.39. The van der Waals surface area contributed by atoms with E-state index in [1.54, 1.807) is 42.5 Å². The number of hydrogen-bond acceptors (Lipinski definition) is 5. The van der Waals surface area contributed by atoms with Crippen molar-refractivity contribution in [2.75, 3.05) is 12.1 Å². The maximum absolute atomic E-state index is 12.2. The van der Waals surface area contributed by atoms with Crippen LogP contribution in [0.3, 0.4) is 0 Å². The number of ether oxygens (including phenoxy) is 2. The van der Waals surface area contributed by atoms with E-state index in [9.17, 15) is 9.59 Å². The fourth-order valence-corrected chi connectivity index (χ4v) is 2.85. The second kappa shape index (κ2) is 9.41. The minimum absolute atomic E-state index is 0.201. The second-order valence-electron chi connectivity index (χ2n) is 6.62. The summed E-state index contributed by atoms with van der Waals surface area (Å²) in [7, 11) is 0. The van der Waals surface area contributed by atoms with Gasteiger partial charge in [0.2, 0.25) is 12.7 Å². The van der Waals surface area contributed by atoms with E-state index in [1.807, 2.05) is 36.4 Å². The van der Waals surface area contributed by atoms with Gasteiger partial charge in [0.05, 0.1) is 6.21 Å². The van der Waals surface area contributed by atoms with Crippen LogP contribution in [0, 0.1) is 0 Å². The quantitative estimate of drug-likeness (QED) is 0.365. The highest BCUT2D eigenvalue weighted by atomic mass is 16.7. The van der Waals surface area contributed by atoms with Gasteiger partial charge in [0.1, 0.15) is 0 Å². The molecule has 31 heavy (non-hydrogen) atoms. The Morgan fingerprint density at radius 3 is 2.45 bits per heavy atom. The Balaban J connectivity index is 1.29. The molecule has 0 unspecified atom stereocenters. The number of nitrogens with zero attached hydrogens (tertiary/aromatic N) is 1. The number of benzene rings is 3. The fourth-order valence-electron chi connectivity index (χ4n) is 2.85. The predicted molar refractivity (Wildman–Crippen MR) is 118 cm³/mol. The largest absolute Gasteiger partial charge is 0.454 e. The molecular weight excluding hydrogens is 394 g/mol. The Morgan fingerprint density at radius 1 is 0.871 bits per heavy atom. The van der Waals surface area contributed by atoms with Gasteiger partial charge >= 0.3 is 0 Å². The summed E-state index contributed by atoms with van der Waals surface area (Å²) in [5.41, 5.74) is 5.18. The fraction of sp³-hybridized carbons (Fsp3) is 0.0417. The molecule has 0 bridgehead atoms. The molecule has 0 aromatic heterocycles. The van der Waals surface area contributed by atoms with E-state index >= 15 is 0 Å². The smallest absolute Gasteiger partial charge is 0.271 e. The van der Waals surface area contributed by atoms with Gasteiger partial charge in [-0.15, -0.1) is 0 Å². The van der Waals surface area contributed by atoms with Crippen LogP contribution in [0.4, 0.5) is 5.69 Å². The number of nitrogens with one attached hydrogen (secondary N) is 2. The van der Waals surface area contributed by atoms with Crippen LogP contribution < -0.4 is 20.2 Å². The lowest BCUT2D eigenvalue weighted by Crippen LogP contribution is -2.17. The third kappa shape index (κ3) is 5.36. The average Bonchev–Trinajstić information content (AvgIpc) is 3.27. The highest BCUT2D eigenvalue weighted by molar-refractivity contribution is 6.02. The second-order valence-corrected chi connectivity index (χ2v) is 6.62. The number of carbonyl (C=O) groups excluding carboxylic acids is 2. The Morgan fingerprint density at radius 2 is 1.65 bits per heavy atom. The number of amides is 2. The van der Waals surface area contributed by atoms with E-state index in [2.05, 4.69) is 15.8 Å². The predicted octanol–water partition coefficient (Wildman–Crippen LogP) is 3.83. The maximum Gasteiger partial charge on any atom is 0.271 e. The molecule has 2 amide bonds. The van der Waals surface area contributed by atoms with Crippen LogP contribution >= 0.6 is 0 Å². The summed E-state index contributed by atoms with van der Waals surface area (Å²) in [4.78, 5) is 24.3. The van der Waals surface area contributed by atoms with Crippen LogP contribution in [0.1, 0.15) is 21.5 Å². The molecule has 7 nitrogen and oxygen atoms in total. The van der Waals surface area contributed by atoms with Crippen molar-refractivity contribution in [2.24, 2.45) is 5.10 Å². The monoisotopic (exact) mass is 413 g/mol. The molecule has 0 aliphatic carbocycles. The lowest BCUT2D eigenvalue weighted by atomic mass is 10.2. The zero-order valence-corrected chi connectivity index (χ0v) is 16.4. The minimum atomic E-state index is -0.362. The minimum Gasteiger partial charge on any atom is -0.454 e. The first-order valence-corrected chi connectivity index (χ1v) is 9.55. The highest BCUT2D eigenvalue weighted by Gasteiger charge is 2.12. The van der Waals surface area contributed by atoms with Gasteiger partial charge in [0.15, 0.2) is 11.5 Å². The Labute approximate surface area is 179 Å². The summed E-state index contributed by atoms with van der Waals surface area (Å²) < 4.78 is 10.6. The molecule has 7 heteroatoms. The first-order valence-electron chi connectivity index (χ1n) is 9.55. The van der Waals surface area contributed by atoms with E-state index in [4.69, 9.17) is 9.47 Å². The van der Waals surface area contributed by atoms with Crippen molar-refractivity contribution in [1.82, 2.24) is 5.43 Å². The van der Waals surface area contributed by atoms with Crippen molar-refractivity contribution in [3.05, 3.63) is 95.6 Å². The molecule has 0 radical (unpaired) electrons. The number of carbonyl (C=O) groups is 2. The summed E-state index contributed by atoms with van der Waals surface area (Å²) >= 11 is 0. The number of hydrogen-bond donors (Lipinski definition) is 2. The van der Waals surface area contributed by atoms with Gasteiger partial charge in [0.25, 0.3) is 5.91 Å². The molecule has 2 N–H and O–H groups in total. The van der Waals surface area contributed by atoms with Gasteiger partial charge < -0.3 is 14.8 Å². The first kappa shape index (κ1) is 19.9. The SMILES string of the molecule is O=C(/C=C/c1ccccc1)Nc1ccc(C(=O)N/N=C\c2ccc3c(c2)OCO3)cc1. The Bertz CT molecular complexity index is 1140. The average molecular weight is 413 g/mol. The lowest BCUT2D eigenvalue weighted by molar-refractivity contribution is -0.111. The van der Waals surface area contributed by atoms with Gasteiger partial charge in [-0.3, -0.25) is 9.59 Å². The molecule has 0 spiro atoms. The van der Waals surface area contributed by atoms with Crippen LogP contribution in [-0.2, 0) is 4.79 Å². The summed E-state index contributed by atoms with van der Waals surface area (Å²) in [6.45, 7) is 0.201. The van der Waals surface area contributed by atoms with E-state index in [-0.39, 0.29) is 18.6 Å². The normalized spacial score (nSPS) is 12.3. The summed E-state index contributed by atoms with van der Waals surface area (Å²) in [5.74, 6) is 0.712. The van der Waals surface area contributed by atoms with Crippen LogP contribution in [-0.4, -0.2) is 24.8 Å².